The number of aromatic nitrogens is 5. The van der Waals surface area contributed by atoms with Crippen LogP contribution in [0.25, 0.3) is 22.6 Å². The molecule has 11 nitrogen and oxygen atoms in total. The van der Waals surface area contributed by atoms with E-state index in [0.717, 1.165) is 0 Å². The van der Waals surface area contributed by atoms with E-state index in [1.807, 2.05) is 0 Å². The van der Waals surface area contributed by atoms with Crippen LogP contribution in [0.4, 0.5) is 10.1 Å². The van der Waals surface area contributed by atoms with Gasteiger partial charge in [0.2, 0.25) is 12.2 Å². The number of benzene rings is 1. The Bertz CT molecular complexity index is 1420. The van der Waals surface area contributed by atoms with Gasteiger partial charge in [-0.15, -0.1) is 0 Å². The first-order chi connectivity index (χ1) is 18.8. The summed E-state index contributed by atoms with van der Waals surface area (Å²) >= 11 is 0. The number of carbonyl (C=O) groups is 1. The monoisotopic (exact) mass is 534 g/mol. The maximum Gasteiger partial charge on any atom is 0.317 e. The van der Waals surface area contributed by atoms with Crippen molar-refractivity contribution in [3.05, 3.63) is 72.7 Å². The number of aromatic amines is 1. The molecule has 1 aromatic carbocycles. The van der Waals surface area contributed by atoms with Crippen molar-refractivity contribution >= 4 is 11.6 Å². The number of imidazole rings is 1. The Morgan fingerprint density at radius 1 is 1.15 bits per heavy atom. The lowest BCUT2D eigenvalue weighted by atomic mass is 9.91. The fourth-order valence-electron chi connectivity index (χ4n) is 3.87. The highest BCUT2D eigenvalue weighted by molar-refractivity contribution is 5.95. The third-order valence-corrected chi connectivity index (χ3v) is 6.00. The van der Waals surface area contributed by atoms with E-state index in [0.29, 0.717) is 34.2 Å². The standard InChI is InChI=1S/C27H27FN6O5/c1-16(35)13-37-26-30-12-9-20(32-26)22-21(17-3-5-18(28)6-4-17)33-23(34-22)24-38-14-27(2,15-39-24)25(36)31-19-7-10-29-11-8-19/h3-12,16,24,35H,13-15H2,1-2H3,(H,33,34)(H,29,31,36). The normalized spacial score (nSPS) is 19.8. The van der Waals surface area contributed by atoms with Gasteiger partial charge in [-0.25, -0.2) is 14.4 Å². The van der Waals surface area contributed by atoms with Crippen LogP contribution < -0.4 is 10.1 Å². The largest absolute Gasteiger partial charge is 0.461 e. The summed E-state index contributed by atoms with van der Waals surface area (Å²) in [7, 11) is 0. The highest BCUT2D eigenvalue weighted by Crippen LogP contribution is 2.36. The van der Waals surface area contributed by atoms with Crippen LogP contribution in [-0.2, 0) is 14.3 Å². The molecule has 1 unspecified atom stereocenters. The molecule has 3 N–H and O–H groups in total. The van der Waals surface area contributed by atoms with Crippen LogP contribution in [0.5, 0.6) is 6.01 Å². The summed E-state index contributed by atoms with van der Waals surface area (Å²) in [6, 6.07) is 11.0. The molecule has 1 amide bonds. The number of carbonyl (C=O) groups excluding carboxylic acids is 1. The van der Waals surface area contributed by atoms with Crippen molar-refractivity contribution < 1.29 is 28.5 Å². The number of amides is 1. The van der Waals surface area contributed by atoms with E-state index in [4.69, 9.17) is 19.2 Å². The zero-order valence-electron chi connectivity index (χ0n) is 21.3. The molecule has 5 rings (SSSR count). The fourth-order valence-corrected chi connectivity index (χ4v) is 3.87. The molecule has 39 heavy (non-hydrogen) atoms. The first kappa shape index (κ1) is 26.4. The Kier molecular flexibility index (Phi) is 7.59. The summed E-state index contributed by atoms with van der Waals surface area (Å²) in [5, 5.41) is 12.4. The molecule has 202 valence electrons. The lowest BCUT2D eigenvalue weighted by Crippen LogP contribution is -2.45. The minimum absolute atomic E-state index is 0.0275. The SMILES string of the molecule is CC(O)COc1nccc(-c2[nH]c(C3OCC(C)(C(=O)Nc4ccncc4)CO3)nc2-c2ccc(F)cc2)n1. The summed E-state index contributed by atoms with van der Waals surface area (Å²) in [5.74, 6) is -0.272. The van der Waals surface area contributed by atoms with Gasteiger partial charge in [0.25, 0.3) is 0 Å². The van der Waals surface area contributed by atoms with Crippen LogP contribution in [0.15, 0.2) is 61.1 Å². The second kappa shape index (κ2) is 11.2. The molecule has 1 atom stereocenters. The average Bonchev–Trinajstić information content (AvgIpc) is 3.39. The lowest BCUT2D eigenvalue weighted by molar-refractivity contribution is -0.229. The number of aliphatic hydroxyl groups excluding tert-OH is 1. The number of H-pyrrole nitrogens is 1. The molecule has 12 heteroatoms. The molecule has 0 saturated carbocycles. The summed E-state index contributed by atoms with van der Waals surface area (Å²) in [6.45, 7) is 3.55. The number of rotatable bonds is 8. The average molecular weight is 535 g/mol. The van der Waals surface area contributed by atoms with E-state index in [1.54, 1.807) is 56.6 Å². The van der Waals surface area contributed by atoms with Gasteiger partial charge in [0.15, 0.2) is 5.82 Å². The predicted molar refractivity (Wildman–Crippen MR) is 138 cm³/mol. The van der Waals surface area contributed by atoms with Gasteiger partial charge in [-0.2, -0.15) is 4.98 Å². The number of pyridine rings is 1. The summed E-state index contributed by atoms with van der Waals surface area (Å²) in [5.41, 5.74) is 1.78. The van der Waals surface area contributed by atoms with Crippen molar-refractivity contribution in [1.29, 1.82) is 0 Å². The minimum Gasteiger partial charge on any atom is -0.461 e. The number of aliphatic hydroxyl groups is 1. The van der Waals surface area contributed by atoms with Crippen LogP contribution >= 0.6 is 0 Å². The highest BCUT2D eigenvalue weighted by Gasteiger charge is 2.41. The van der Waals surface area contributed by atoms with Crippen molar-refractivity contribution in [2.45, 2.75) is 26.2 Å². The topological polar surface area (TPSA) is 144 Å². The van der Waals surface area contributed by atoms with Gasteiger partial charge in [0.05, 0.1) is 41.8 Å². The van der Waals surface area contributed by atoms with E-state index in [2.05, 4.69) is 25.3 Å². The molecular formula is C27H27FN6O5. The maximum absolute atomic E-state index is 13.6. The second-order valence-electron chi connectivity index (χ2n) is 9.44. The third-order valence-electron chi connectivity index (χ3n) is 6.00. The second-order valence-corrected chi connectivity index (χ2v) is 9.44. The number of ether oxygens (including phenoxy) is 3. The Labute approximate surface area is 223 Å². The number of hydrogen-bond acceptors (Lipinski definition) is 9. The van der Waals surface area contributed by atoms with Gasteiger partial charge in [-0.05, 0) is 56.3 Å². The van der Waals surface area contributed by atoms with Gasteiger partial charge >= 0.3 is 6.01 Å². The first-order valence-electron chi connectivity index (χ1n) is 12.3. The first-order valence-corrected chi connectivity index (χ1v) is 12.3. The zero-order chi connectivity index (χ0) is 27.4. The molecule has 1 saturated heterocycles. The molecular weight excluding hydrogens is 507 g/mol. The van der Waals surface area contributed by atoms with E-state index in [1.165, 1.54) is 18.3 Å². The zero-order valence-corrected chi connectivity index (χ0v) is 21.3. The van der Waals surface area contributed by atoms with Crippen molar-refractivity contribution in [1.82, 2.24) is 24.9 Å². The van der Waals surface area contributed by atoms with Gasteiger partial charge in [-0.3, -0.25) is 9.78 Å². The van der Waals surface area contributed by atoms with Gasteiger partial charge < -0.3 is 29.6 Å². The Morgan fingerprint density at radius 3 is 2.56 bits per heavy atom. The van der Waals surface area contributed by atoms with Crippen LogP contribution in [0, 0.1) is 11.2 Å². The van der Waals surface area contributed by atoms with Crippen LogP contribution in [0.2, 0.25) is 0 Å². The number of anilines is 1. The van der Waals surface area contributed by atoms with Crippen LogP contribution in [-0.4, -0.2) is 61.9 Å². The number of nitrogens with zero attached hydrogens (tertiary/aromatic N) is 4. The summed E-state index contributed by atoms with van der Waals surface area (Å²) in [6.07, 6.45) is 3.13. The molecule has 1 aliphatic heterocycles. The molecule has 0 radical (unpaired) electrons. The molecule has 1 fully saturated rings. The van der Waals surface area contributed by atoms with Crippen LogP contribution in [0.3, 0.4) is 0 Å². The number of halogens is 1. The quantitative estimate of drug-likeness (QED) is 0.309. The smallest absolute Gasteiger partial charge is 0.317 e. The minimum atomic E-state index is -0.933. The molecule has 4 heterocycles. The predicted octanol–water partition coefficient (Wildman–Crippen LogP) is 3.52. The van der Waals surface area contributed by atoms with Gasteiger partial charge in [0, 0.05) is 29.8 Å². The molecule has 0 spiro atoms. The van der Waals surface area contributed by atoms with Crippen LogP contribution in [0.1, 0.15) is 26.0 Å². The van der Waals surface area contributed by atoms with E-state index in [-0.39, 0.29) is 37.6 Å². The van der Waals surface area contributed by atoms with E-state index < -0.39 is 17.8 Å². The molecule has 0 bridgehead atoms. The van der Waals surface area contributed by atoms with Crippen molar-refractivity contribution in [2.24, 2.45) is 5.41 Å². The Balaban J connectivity index is 1.39. The molecule has 3 aromatic heterocycles. The maximum atomic E-state index is 13.6. The molecule has 4 aromatic rings. The fraction of sp³-hybridized carbons (Fsp3) is 0.296. The highest BCUT2D eigenvalue weighted by atomic mass is 19.1. The number of hydrogen-bond donors (Lipinski definition) is 3. The number of nitrogens with one attached hydrogen (secondary N) is 2. The van der Waals surface area contributed by atoms with E-state index in [9.17, 15) is 14.3 Å². The van der Waals surface area contributed by atoms with Crippen molar-refractivity contribution in [3.8, 4) is 28.7 Å². The third kappa shape index (κ3) is 6.08. The van der Waals surface area contributed by atoms with Gasteiger partial charge in [-0.1, -0.05) is 0 Å². The molecule has 1 aliphatic rings. The Hall–Kier alpha value is -4.26. The van der Waals surface area contributed by atoms with Crippen molar-refractivity contribution in [2.75, 3.05) is 25.1 Å². The Morgan fingerprint density at radius 2 is 1.87 bits per heavy atom. The molecule has 0 aliphatic carbocycles. The lowest BCUT2D eigenvalue weighted by Gasteiger charge is -2.35. The van der Waals surface area contributed by atoms with Crippen molar-refractivity contribution in [3.63, 3.8) is 0 Å². The summed E-state index contributed by atoms with van der Waals surface area (Å²) < 4.78 is 31.0. The summed E-state index contributed by atoms with van der Waals surface area (Å²) in [4.78, 5) is 33.3. The van der Waals surface area contributed by atoms with Gasteiger partial charge in [0.1, 0.15) is 12.4 Å². The van der Waals surface area contributed by atoms with E-state index >= 15 is 0 Å².